The van der Waals surface area contributed by atoms with Crippen molar-refractivity contribution in [2.75, 3.05) is 0 Å². The van der Waals surface area contributed by atoms with Crippen molar-refractivity contribution in [1.82, 2.24) is 4.98 Å². The van der Waals surface area contributed by atoms with Crippen molar-refractivity contribution in [2.45, 2.75) is 0 Å². The van der Waals surface area contributed by atoms with Gasteiger partial charge in [-0.05, 0) is 18.2 Å². The van der Waals surface area contributed by atoms with Gasteiger partial charge in [-0.3, -0.25) is 0 Å². The van der Waals surface area contributed by atoms with Gasteiger partial charge in [0, 0.05) is 5.39 Å². The van der Waals surface area contributed by atoms with Gasteiger partial charge >= 0.3 is 0 Å². The summed E-state index contributed by atoms with van der Waals surface area (Å²) in [4.78, 5) is 2.78. The first kappa shape index (κ1) is 7.90. The highest BCUT2D eigenvalue weighted by Gasteiger charge is 2.04. The monoisotopic (exact) mass is 203 g/mol. The van der Waals surface area contributed by atoms with Gasteiger partial charge in [-0.25, -0.2) is 4.39 Å². The quantitative estimate of drug-likeness (QED) is 0.674. The zero-order chi connectivity index (χ0) is 8.72. The van der Waals surface area contributed by atoms with Crippen LogP contribution in [0, 0.1) is 5.82 Å². The van der Waals surface area contributed by atoms with Crippen LogP contribution in [0.25, 0.3) is 10.9 Å². The summed E-state index contributed by atoms with van der Waals surface area (Å²) in [6, 6.07) is 4.28. The Kier molecular flexibility index (Phi) is 1.74. The van der Waals surface area contributed by atoms with E-state index in [9.17, 15) is 4.39 Å². The molecule has 1 heterocycles. The number of hydrogen-bond donors (Lipinski definition) is 1. The SMILES string of the molecule is Fc1cc(Cl)c2cc(Cl)[nH]c2c1. The highest BCUT2D eigenvalue weighted by molar-refractivity contribution is 6.37. The minimum absolute atomic E-state index is 0.369. The summed E-state index contributed by atoms with van der Waals surface area (Å²) in [7, 11) is 0. The Bertz CT molecular complexity index is 436. The molecule has 0 aliphatic carbocycles. The first-order valence-electron chi connectivity index (χ1n) is 3.30. The number of aromatic amines is 1. The number of fused-ring (bicyclic) bond motifs is 1. The van der Waals surface area contributed by atoms with Crippen LogP contribution in [0.1, 0.15) is 0 Å². The normalized spacial score (nSPS) is 10.9. The third-order valence-electron chi connectivity index (χ3n) is 1.62. The molecule has 2 rings (SSSR count). The Hall–Kier alpha value is -0.730. The van der Waals surface area contributed by atoms with Crippen LogP contribution < -0.4 is 0 Å². The van der Waals surface area contributed by atoms with Crippen molar-refractivity contribution >= 4 is 34.1 Å². The van der Waals surface area contributed by atoms with Crippen LogP contribution in [-0.4, -0.2) is 4.98 Å². The van der Waals surface area contributed by atoms with Crippen LogP contribution >= 0.6 is 23.2 Å². The van der Waals surface area contributed by atoms with Crippen LogP contribution in [0.15, 0.2) is 18.2 Å². The van der Waals surface area contributed by atoms with Crippen molar-refractivity contribution in [3.63, 3.8) is 0 Å². The summed E-state index contributed by atoms with van der Waals surface area (Å²) in [6.45, 7) is 0. The van der Waals surface area contributed by atoms with E-state index in [-0.39, 0.29) is 5.82 Å². The average molecular weight is 204 g/mol. The van der Waals surface area contributed by atoms with Gasteiger partial charge in [0.15, 0.2) is 0 Å². The van der Waals surface area contributed by atoms with Crippen molar-refractivity contribution in [2.24, 2.45) is 0 Å². The third-order valence-corrected chi connectivity index (χ3v) is 2.14. The second-order valence-corrected chi connectivity index (χ2v) is 3.28. The average Bonchev–Trinajstić information content (AvgIpc) is 2.29. The van der Waals surface area contributed by atoms with Gasteiger partial charge in [0.05, 0.1) is 10.5 Å². The fraction of sp³-hybridized carbons (Fsp3) is 0. The van der Waals surface area contributed by atoms with E-state index >= 15 is 0 Å². The largest absolute Gasteiger partial charge is 0.345 e. The molecule has 0 saturated carbocycles. The lowest BCUT2D eigenvalue weighted by Crippen LogP contribution is -1.74. The smallest absolute Gasteiger partial charge is 0.126 e. The molecule has 62 valence electrons. The minimum Gasteiger partial charge on any atom is -0.345 e. The van der Waals surface area contributed by atoms with Crippen molar-refractivity contribution in [1.29, 1.82) is 0 Å². The van der Waals surface area contributed by atoms with Crippen molar-refractivity contribution in [3.8, 4) is 0 Å². The molecular formula is C8H4Cl2FN. The van der Waals surface area contributed by atoms with Crippen LogP contribution in [0.5, 0.6) is 0 Å². The molecule has 2 aromatic rings. The molecule has 0 bridgehead atoms. The summed E-state index contributed by atoms with van der Waals surface area (Å²) < 4.78 is 12.8. The van der Waals surface area contributed by atoms with E-state index in [4.69, 9.17) is 23.2 Å². The van der Waals surface area contributed by atoms with Crippen molar-refractivity contribution in [3.05, 3.63) is 34.2 Å². The van der Waals surface area contributed by atoms with E-state index in [1.807, 2.05) is 0 Å². The lowest BCUT2D eigenvalue weighted by molar-refractivity contribution is 0.629. The maximum absolute atomic E-state index is 12.8. The standard InChI is InChI=1S/C8H4Cl2FN/c9-6-1-4(11)2-7-5(6)3-8(10)12-7/h1-3,12H. The molecule has 1 aromatic heterocycles. The zero-order valence-electron chi connectivity index (χ0n) is 5.87. The first-order valence-corrected chi connectivity index (χ1v) is 4.05. The molecule has 0 amide bonds. The lowest BCUT2D eigenvalue weighted by Gasteiger charge is -1.92. The van der Waals surface area contributed by atoms with Gasteiger partial charge in [0.1, 0.15) is 11.0 Å². The molecule has 1 aromatic carbocycles. The molecule has 0 atom stereocenters. The molecule has 12 heavy (non-hydrogen) atoms. The number of nitrogens with one attached hydrogen (secondary N) is 1. The van der Waals surface area contributed by atoms with E-state index in [0.29, 0.717) is 15.7 Å². The van der Waals surface area contributed by atoms with E-state index in [1.165, 1.54) is 12.1 Å². The van der Waals surface area contributed by atoms with E-state index in [1.54, 1.807) is 6.07 Å². The molecule has 0 radical (unpaired) electrons. The number of halogens is 3. The molecule has 0 spiro atoms. The van der Waals surface area contributed by atoms with Gasteiger partial charge in [-0.15, -0.1) is 0 Å². The van der Waals surface area contributed by atoms with Crippen molar-refractivity contribution < 1.29 is 4.39 Å². The zero-order valence-corrected chi connectivity index (χ0v) is 7.38. The van der Waals surface area contributed by atoms with Gasteiger partial charge < -0.3 is 4.98 Å². The highest BCUT2D eigenvalue weighted by Crippen LogP contribution is 2.27. The van der Waals surface area contributed by atoms with Gasteiger partial charge in [0.25, 0.3) is 0 Å². The Morgan fingerprint density at radius 1 is 1.17 bits per heavy atom. The van der Waals surface area contributed by atoms with Crippen LogP contribution in [0.4, 0.5) is 4.39 Å². The molecule has 0 unspecified atom stereocenters. The number of benzene rings is 1. The Morgan fingerprint density at radius 3 is 2.67 bits per heavy atom. The van der Waals surface area contributed by atoms with E-state index in [0.717, 1.165) is 5.39 Å². The molecular weight excluding hydrogens is 200 g/mol. The molecule has 0 saturated heterocycles. The van der Waals surface area contributed by atoms with E-state index < -0.39 is 0 Å². The van der Waals surface area contributed by atoms with Gasteiger partial charge in [-0.2, -0.15) is 0 Å². The summed E-state index contributed by atoms with van der Waals surface area (Å²) in [5, 5.41) is 1.56. The van der Waals surface area contributed by atoms with Gasteiger partial charge in [-0.1, -0.05) is 23.2 Å². The molecule has 0 fully saturated rings. The summed E-state index contributed by atoms with van der Waals surface area (Å²) in [5.74, 6) is -0.369. The summed E-state index contributed by atoms with van der Waals surface area (Å²) >= 11 is 11.4. The van der Waals surface area contributed by atoms with Crippen LogP contribution in [0.2, 0.25) is 10.2 Å². The number of aromatic nitrogens is 1. The van der Waals surface area contributed by atoms with Crippen LogP contribution in [-0.2, 0) is 0 Å². The predicted molar refractivity (Wildman–Crippen MR) is 48.3 cm³/mol. The fourth-order valence-corrected chi connectivity index (χ4v) is 1.60. The third kappa shape index (κ3) is 1.17. The Labute approximate surface area is 78.1 Å². The molecule has 0 aliphatic rings. The topological polar surface area (TPSA) is 15.8 Å². The maximum Gasteiger partial charge on any atom is 0.126 e. The van der Waals surface area contributed by atoms with Gasteiger partial charge in [0.2, 0.25) is 0 Å². The second-order valence-electron chi connectivity index (χ2n) is 2.47. The van der Waals surface area contributed by atoms with Crippen LogP contribution in [0.3, 0.4) is 0 Å². The fourth-order valence-electron chi connectivity index (χ4n) is 1.13. The Balaban J connectivity index is 2.88. The molecule has 1 N–H and O–H groups in total. The number of H-pyrrole nitrogens is 1. The van der Waals surface area contributed by atoms with E-state index in [2.05, 4.69) is 4.98 Å². The minimum atomic E-state index is -0.369. The second kappa shape index (κ2) is 2.64. The molecule has 4 heteroatoms. The predicted octanol–water partition coefficient (Wildman–Crippen LogP) is 3.61. The maximum atomic E-state index is 12.8. The Morgan fingerprint density at radius 2 is 1.92 bits per heavy atom. The summed E-state index contributed by atoms with van der Waals surface area (Å²) in [5.41, 5.74) is 0.616. The number of rotatable bonds is 0. The summed E-state index contributed by atoms with van der Waals surface area (Å²) in [6.07, 6.45) is 0. The molecule has 1 nitrogen and oxygen atoms in total. The number of hydrogen-bond acceptors (Lipinski definition) is 0. The first-order chi connectivity index (χ1) is 5.66. The molecule has 0 aliphatic heterocycles. The lowest BCUT2D eigenvalue weighted by atomic mass is 10.2. The highest BCUT2D eigenvalue weighted by atomic mass is 35.5.